The lowest BCUT2D eigenvalue weighted by Crippen LogP contribution is -2.57. The molecule has 130 valence electrons. The summed E-state index contributed by atoms with van der Waals surface area (Å²) < 4.78 is 0. The molecule has 0 aromatic heterocycles. The first-order valence-corrected chi connectivity index (χ1v) is 9.24. The Bertz CT molecular complexity index is 652. The molecule has 1 aromatic carbocycles. The molecular weight excluding hydrogens is 320 g/mol. The van der Waals surface area contributed by atoms with E-state index in [1.807, 2.05) is 36.9 Å². The lowest BCUT2D eigenvalue weighted by Gasteiger charge is -2.47. The van der Waals surface area contributed by atoms with E-state index in [2.05, 4.69) is 18.8 Å². The highest BCUT2D eigenvalue weighted by molar-refractivity contribution is 6.32. The van der Waals surface area contributed by atoms with Crippen molar-refractivity contribution in [2.75, 3.05) is 0 Å². The van der Waals surface area contributed by atoms with Gasteiger partial charge in [-0.25, -0.2) is 0 Å². The van der Waals surface area contributed by atoms with E-state index >= 15 is 0 Å². The quantitative estimate of drug-likeness (QED) is 0.839. The fraction of sp³-hybridized carbons (Fsp3) is 0.550. The van der Waals surface area contributed by atoms with Gasteiger partial charge in [-0.2, -0.15) is 0 Å². The molecule has 3 unspecified atom stereocenters. The van der Waals surface area contributed by atoms with E-state index in [1.165, 1.54) is 12.8 Å². The summed E-state index contributed by atoms with van der Waals surface area (Å²) in [5.41, 5.74) is 1.49. The molecule has 3 atom stereocenters. The van der Waals surface area contributed by atoms with Crippen molar-refractivity contribution >= 4 is 17.5 Å². The van der Waals surface area contributed by atoms with Gasteiger partial charge in [0.15, 0.2) is 0 Å². The van der Waals surface area contributed by atoms with Crippen LogP contribution in [-0.2, 0) is 10.3 Å². The van der Waals surface area contributed by atoms with Crippen LogP contribution in [0.1, 0.15) is 57.1 Å². The highest BCUT2D eigenvalue weighted by Gasteiger charge is 2.42. The maximum atomic E-state index is 13.0. The van der Waals surface area contributed by atoms with Crippen molar-refractivity contribution in [2.24, 2.45) is 5.92 Å². The molecule has 1 aliphatic carbocycles. The Morgan fingerprint density at radius 2 is 2.12 bits per heavy atom. The zero-order chi connectivity index (χ0) is 17.5. The number of benzene rings is 1. The predicted octanol–water partition coefficient (Wildman–Crippen LogP) is 4.74. The lowest BCUT2D eigenvalue weighted by molar-refractivity contribution is -0.137. The number of carbonyl (C=O) groups excluding carboxylic acids is 1. The van der Waals surface area contributed by atoms with Gasteiger partial charge in [-0.05, 0) is 43.7 Å². The van der Waals surface area contributed by atoms with Crippen molar-refractivity contribution < 1.29 is 4.79 Å². The second kappa shape index (κ2) is 6.44. The minimum Gasteiger partial charge on any atom is -0.362 e. The monoisotopic (exact) mass is 346 g/mol. The van der Waals surface area contributed by atoms with Crippen molar-refractivity contribution in [3.05, 3.63) is 46.7 Å². The average Bonchev–Trinajstić information content (AvgIpc) is 2.49. The standard InChI is InChI=1S/C20H27ClN2O/c1-13-7-5-9-16(11-13)23-15(3)22-20(4,12-18(23)24)17-10-6-8-14(2)19(17)21/h6,8,10,13,16,22H,3,5,7,9,11-12H2,1-2,4H3. The maximum Gasteiger partial charge on any atom is 0.231 e. The SMILES string of the molecule is C=C1NC(C)(c2cccc(C)c2Cl)CC(=O)N1C1CCCC(C)C1. The summed E-state index contributed by atoms with van der Waals surface area (Å²) in [5.74, 6) is 1.53. The largest absolute Gasteiger partial charge is 0.362 e. The van der Waals surface area contributed by atoms with E-state index in [9.17, 15) is 4.79 Å². The summed E-state index contributed by atoms with van der Waals surface area (Å²) in [4.78, 5) is 14.9. The molecule has 0 bridgehead atoms. The Morgan fingerprint density at radius 3 is 2.79 bits per heavy atom. The molecule has 4 heteroatoms. The number of hydrogen-bond donors (Lipinski definition) is 1. The summed E-state index contributed by atoms with van der Waals surface area (Å²) in [5, 5.41) is 4.23. The number of amides is 1. The number of aryl methyl sites for hydroxylation is 1. The van der Waals surface area contributed by atoms with Crippen LogP contribution in [0.5, 0.6) is 0 Å². The highest BCUT2D eigenvalue weighted by Crippen LogP contribution is 2.39. The third-order valence-electron chi connectivity index (χ3n) is 5.54. The molecule has 1 saturated heterocycles. The van der Waals surface area contributed by atoms with Crippen LogP contribution in [0, 0.1) is 12.8 Å². The molecule has 0 spiro atoms. The van der Waals surface area contributed by atoms with E-state index in [-0.39, 0.29) is 11.9 Å². The molecule has 1 aliphatic heterocycles. The minimum absolute atomic E-state index is 0.151. The van der Waals surface area contributed by atoms with Gasteiger partial charge in [-0.15, -0.1) is 0 Å². The Labute approximate surface area is 150 Å². The molecule has 1 heterocycles. The Kier molecular flexibility index (Phi) is 4.65. The van der Waals surface area contributed by atoms with E-state index in [4.69, 9.17) is 11.6 Å². The highest BCUT2D eigenvalue weighted by atomic mass is 35.5. The van der Waals surface area contributed by atoms with Crippen LogP contribution in [0.4, 0.5) is 0 Å². The Morgan fingerprint density at radius 1 is 1.38 bits per heavy atom. The van der Waals surface area contributed by atoms with Crippen LogP contribution < -0.4 is 5.32 Å². The van der Waals surface area contributed by atoms with Gasteiger partial charge in [0.25, 0.3) is 0 Å². The topological polar surface area (TPSA) is 32.3 Å². The fourth-order valence-electron chi connectivity index (χ4n) is 4.26. The first-order valence-electron chi connectivity index (χ1n) is 8.86. The third-order valence-corrected chi connectivity index (χ3v) is 6.05. The Balaban J connectivity index is 1.86. The van der Waals surface area contributed by atoms with Crippen LogP contribution >= 0.6 is 11.6 Å². The molecule has 1 N–H and O–H groups in total. The number of halogens is 1. The van der Waals surface area contributed by atoms with Crippen molar-refractivity contribution in [1.29, 1.82) is 0 Å². The van der Waals surface area contributed by atoms with E-state index in [0.29, 0.717) is 18.2 Å². The summed E-state index contributed by atoms with van der Waals surface area (Å²) in [6, 6.07) is 6.26. The zero-order valence-corrected chi connectivity index (χ0v) is 15.6. The van der Waals surface area contributed by atoms with Crippen LogP contribution in [0.2, 0.25) is 5.02 Å². The zero-order valence-electron chi connectivity index (χ0n) is 14.9. The maximum absolute atomic E-state index is 13.0. The van der Waals surface area contributed by atoms with E-state index < -0.39 is 5.54 Å². The molecule has 1 aromatic rings. The van der Waals surface area contributed by atoms with Crippen LogP contribution in [0.3, 0.4) is 0 Å². The van der Waals surface area contributed by atoms with Crippen molar-refractivity contribution in [1.82, 2.24) is 10.2 Å². The lowest BCUT2D eigenvalue weighted by atomic mass is 9.82. The molecule has 1 saturated carbocycles. The molecule has 24 heavy (non-hydrogen) atoms. The summed E-state index contributed by atoms with van der Waals surface area (Å²) in [7, 11) is 0. The molecule has 2 aliphatic rings. The number of nitrogens with one attached hydrogen (secondary N) is 1. The molecule has 2 fully saturated rings. The molecular formula is C20H27ClN2O. The first kappa shape index (κ1) is 17.3. The van der Waals surface area contributed by atoms with Crippen molar-refractivity contribution in [3.8, 4) is 0 Å². The summed E-state index contributed by atoms with van der Waals surface area (Å²) in [6.45, 7) is 10.5. The number of hydrogen-bond acceptors (Lipinski definition) is 2. The Hall–Kier alpha value is -1.48. The van der Waals surface area contributed by atoms with Crippen LogP contribution in [-0.4, -0.2) is 16.8 Å². The second-order valence-corrected chi connectivity index (χ2v) is 8.08. The molecule has 3 nitrogen and oxygen atoms in total. The normalized spacial score (nSPS) is 31.1. The third kappa shape index (κ3) is 3.06. The van der Waals surface area contributed by atoms with Crippen molar-refractivity contribution in [3.63, 3.8) is 0 Å². The van der Waals surface area contributed by atoms with Gasteiger partial charge in [0.1, 0.15) is 5.82 Å². The van der Waals surface area contributed by atoms with Gasteiger partial charge in [0.2, 0.25) is 5.91 Å². The fourth-order valence-corrected chi connectivity index (χ4v) is 4.59. The number of carbonyl (C=O) groups is 1. The van der Waals surface area contributed by atoms with E-state index in [1.54, 1.807) is 0 Å². The minimum atomic E-state index is -0.506. The molecule has 0 radical (unpaired) electrons. The van der Waals surface area contributed by atoms with Gasteiger partial charge in [0, 0.05) is 11.1 Å². The van der Waals surface area contributed by atoms with E-state index in [0.717, 1.165) is 29.0 Å². The van der Waals surface area contributed by atoms with Crippen LogP contribution in [0.15, 0.2) is 30.6 Å². The van der Waals surface area contributed by atoms with Gasteiger partial charge in [-0.3, -0.25) is 9.69 Å². The van der Waals surface area contributed by atoms with Gasteiger partial charge in [-0.1, -0.05) is 56.1 Å². The second-order valence-electron chi connectivity index (χ2n) is 7.71. The predicted molar refractivity (Wildman–Crippen MR) is 98.7 cm³/mol. The van der Waals surface area contributed by atoms with Gasteiger partial charge >= 0.3 is 0 Å². The van der Waals surface area contributed by atoms with Crippen molar-refractivity contribution in [2.45, 2.75) is 64.5 Å². The first-order chi connectivity index (χ1) is 11.3. The molecule has 1 amide bonds. The summed E-state index contributed by atoms with van der Waals surface area (Å²) in [6.07, 6.45) is 4.98. The van der Waals surface area contributed by atoms with Gasteiger partial charge < -0.3 is 5.32 Å². The average molecular weight is 347 g/mol. The van der Waals surface area contributed by atoms with Gasteiger partial charge in [0.05, 0.1) is 12.0 Å². The number of rotatable bonds is 2. The summed E-state index contributed by atoms with van der Waals surface area (Å²) >= 11 is 6.52. The van der Waals surface area contributed by atoms with Crippen LogP contribution in [0.25, 0.3) is 0 Å². The molecule has 3 rings (SSSR count). The number of nitrogens with zero attached hydrogens (tertiary/aromatic N) is 1. The smallest absolute Gasteiger partial charge is 0.231 e.